The zero-order valence-corrected chi connectivity index (χ0v) is 19.5. The van der Waals surface area contributed by atoms with Gasteiger partial charge in [-0.1, -0.05) is 76.2 Å². The van der Waals surface area contributed by atoms with Crippen molar-refractivity contribution in [1.29, 1.82) is 0 Å². The molecule has 2 N–H and O–H groups in total. The van der Waals surface area contributed by atoms with Crippen molar-refractivity contribution in [3.8, 4) is 0 Å². The lowest BCUT2D eigenvalue weighted by molar-refractivity contribution is 0.0698. The van der Waals surface area contributed by atoms with Gasteiger partial charge >= 0.3 is 5.97 Å². The van der Waals surface area contributed by atoms with Crippen molar-refractivity contribution in [2.75, 3.05) is 0 Å². The number of benzene rings is 3. The van der Waals surface area contributed by atoms with E-state index in [9.17, 15) is 15.1 Å². The van der Waals surface area contributed by atoms with Crippen LogP contribution in [0.5, 0.6) is 0 Å². The van der Waals surface area contributed by atoms with Crippen LogP contribution in [0.25, 0.3) is 10.8 Å². The minimum absolute atomic E-state index is 0.0533. The highest BCUT2D eigenvalue weighted by Crippen LogP contribution is 2.46. The SMILES string of the molecule is CCc1ccc2cc(C(=NO)c3ccc4c(c3)C(C)(C)CCC4(C)C)ccc2c1C(=O)O. The predicted molar refractivity (Wildman–Crippen MR) is 129 cm³/mol. The second kappa shape index (κ2) is 7.77. The monoisotopic (exact) mass is 429 g/mol. The Labute approximate surface area is 189 Å². The molecule has 1 aliphatic rings. The topological polar surface area (TPSA) is 69.9 Å². The molecule has 4 rings (SSSR count). The lowest BCUT2D eigenvalue weighted by Gasteiger charge is -2.42. The Kier molecular flexibility index (Phi) is 5.36. The van der Waals surface area contributed by atoms with Crippen LogP contribution in [0.2, 0.25) is 0 Å². The Bertz CT molecular complexity index is 1250. The van der Waals surface area contributed by atoms with E-state index in [1.165, 1.54) is 11.1 Å². The highest BCUT2D eigenvalue weighted by Gasteiger charge is 2.37. The number of aryl methyl sites for hydroxylation is 1. The number of carboxylic acid groups (broad SMARTS) is 1. The van der Waals surface area contributed by atoms with Crippen molar-refractivity contribution < 1.29 is 15.1 Å². The fraction of sp³-hybridized carbons (Fsp3) is 0.357. The van der Waals surface area contributed by atoms with Gasteiger partial charge < -0.3 is 10.3 Å². The number of nitrogens with zero attached hydrogens (tertiary/aromatic N) is 1. The van der Waals surface area contributed by atoms with Crippen LogP contribution in [-0.2, 0) is 17.3 Å². The van der Waals surface area contributed by atoms with Crippen LogP contribution >= 0.6 is 0 Å². The summed E-state index contributed by atoms with van der Waals surface area (Å²) in [5, 5.41) is 24.9. The molecule has 0 atom stereocenters. The highest BCUT2D eigenvalue weighted by atomic mass is 16.4. The number of hydrogen-bond donors (Lipinski definition) is 2. The average molecular weight is 430 g/mol. The quantitative estimate of drug-likeness (QED) is 0.276. The Balaban J connectivity index is 1.84. The van der Waals surface area contributed by atoms with Gasteiger partial charge in [-0.05, 0) is 69.7 Å². The second-order valence-corrected chi connectivity index (χ2v) is 10.2. The van der Waals surface area contributed by atoms with E-state index in [-0.39, 0.29) is 10.8 Å². The first-order chi connectivity index (χ1) is 15.1. The maximum Gasteiger partial charge on any atom is 0.336 e. The van der Waals surface area contributed by atoms with Gasteiger partial charge in [0.2, 0.25) is 0 Å². The third-order valence-corrected chi connectivity index (χ3v) is 7.20. The van der Waals surface area contributed by atoms with Gasteiger partial charge in [-0.25, -0.2) is 4.79 Å². The molecule has 3 aromatic rings. The third kappa shape index (κ3) is 3.58. The van der Waals surface area contributed by atoms with Crippen LogP contribution in [0.4, 0.5) is 0 Å². The first-order valence-electron chi connectivity index (χ1n) is 11.3. The number of aromatic carboxylic acids is 1. The number of oxime groups is 1. The molecule has 3 aromatic carbocycles. The molecule has 0 heterocycles. The van der Waals surface area contributed by atoms with Gasteiger partial charge in [-0.3, -0.25) is 0 Å². The van der Waals surface area contributed by atoms with E-state index >= 15 is 0 Å². The summed E-state index contributed by atoms with van der Waals surface area (Å²) in [6.07, 6.45) is 2.91. The van der Waals surface area contributed by atoms with Crippen molar-refractivity contribution in [2.24, 2.45) is 5.16 Å². The molecular formula is C28H31NO3. The lowest BCUT2D eigenvalue weighted by atomic mass is 9.63. The first-order valence-corrected chi connectivity index (χ1v) is 11.3. The molecule has 0 amide bonds. The summed E-state index contributed by atoms with van der Waals surface area (Å²) < 4.78 is 0. The molecule has 0 bridgehead atoms. The van der Waals surface area contributed by atoms with Gasteiger partial charge in [0.15, 0.2) is 0 Å². The van der Waals surface area contributed by atoms with Crippen LogP contribution < -0.4 is 0 Å². The van der Waals surface area contributed by atoms with Crippen molar-refractivity contribution in [2.45, 2.75) is 64.7 Å². The summed E-state index contributed by atoms with van der Waals surface area (Å²) in [5.74, 6) is -0.921. The lowest BCUT2D eigenvalue weighted by Crippen LogP contribution is -2.34. The van der Waals surface area contributed by atoms with E-state index in [2.05, 4.69) is 45.0 Å². The molecule has 32 heavy (non-hydrogen) atoms. The number of hydrogen-bond acceptors (Lipinski definition) is 3. The van der Waals surface area contributed by atoms with Crippen LogP contribution in [0.3, 0.4) is 0 Å². The maximum absolute atomic E-state index is 11.9. The summed E-state index contributed by atoms with van der Waals surface area (Å²) in [6.45, 7) is 11.1. The third-order valence-electron chi connectivity index (χ3n) is 7.20. The number of fused-ring (bicyclic) bond motifs is 2. The Hall–Kier alpha value is -3.14. The zero-order valence-electron chi connectivity index (χ0n) is 19.5. The van der Waals surface area contributed by atoms with Crippen molar-refractivity contribution in [3.63, 3.8) is 0 Å². The Morgan fingerprint density at radius 2 is 1.53 bits per heavy atom. The summed E-state index contributed by atoms with van der Waals surface area (Å²) in [7, 11) is 0. The number of carbonyl (C=O) groups is 1. The normalized spacial score (nSPS) is 17.2. The molecule has 0 spiro atoms. The van der Waals surface area contributed by atoms with Gasteiger partial charge in [-0.15, -0.1) is 0 Å². The van der Waals surface area contributed by atoms with Crippen molar-refractivity contribution in [3.05, 3.63) is 81.9 Å². The van der Waals surface area contributed by atoms with Crippen LogP contribution in [-0.4, -0.2) is 22.0 Å². The van der Waals surface area contributed by atoms with Gasteiger partial charge in [-0.2, -0.15) is 0 Å². The second-order valence-electron chi connectivity index (χ2n) is 10.2. The van der Waals surface area contributed by atoms with E-state index in [1.807, 2.05) is 43.3 Å². The summed E-state index contributed by atoms with van der Waals surface area (Å²) in [4.78, 5) is 11.9. The fourth-order valence-corrected chi connectivity index (χ4v) is 5.09. The maximum atomic E-state index is 11.9. The standard InChI is InChI=1S/C28H31NO3/c1-6-17-7-8-18-15-19(9-11-21(18)24(17)26(30)31)25(29-32)20-10-12-22-23(16-20)28(4,5)14-13-27(22,2)3/h7-12,15-16,32H,6,13-14H2,1-5H3,(H,30,31). The number of rotatable bonds is 4. The molecule has 0 unspecified atom stereocenters. The Morgan fingerprint density at radius 3 is 2.16 bits per heavy atom. The van der Waals surface area contributed by atoms with Gasteiger partial charge in [0.05, 0.1) is 5.56 Å². The molecule has 0 fully saturated rings. The van der Waals surface area contributed by atoms with Gasteiger partial charge in [0.25, 0.3) is 0 Å². The van der Waals surface area contributed by atoms with E-state index in [1.54, 1.807) is 0 Å². The molecule has 0 saturated heterocycles. The largest absolute Gasteiger partial charge is 0.478 e. The molecule has 4 heteroatoms. The van der Waals surface area contributed by atoms with Crippen LogP contribution in [0, 0.1) is 0 Å². The van der Waals surface area contributed by atoms with Crippen molar-refractivity contribution in [1.82, 2.24) is 0 Å². The summed E-state index contributed by atoms with van der Waals surface area (Å²) in [6, 6.07) is 15.8. The molecule has 0 radical (unpaired) electrons. The van der Waals surface area contributed by atoms with Gasteiger partial charge in [0, 0.05) is 11.1 Å². The van der Waals surface area contributed by atoms with Gasteiger partial charge in [0.1, 0.15) is 5.71 Å². The van der Waals surface area contributed by atoms with Crippen molar-refractivity contribution >= 4 is 22.5 Å². The minimum Gasteiger partial charge on any atom is -0.478 e. The van der Waals surface area contributed by atoms with E-state index in [0.29, 0.717) is 23.1 Å². The molecular weight excluding hydrogens is 398 g/mol. The minimum atomic E-state index is -0.921. The van der Waals surface area contributed by atoms with Crippen LogP contribution in [0.1, 0.15) is 85.6 Å². The molecule has 1 aliphatic carbocycles. The zero-order chi connectivity index (χ0) is 23.3. The number of carboxylic acids is 1. The smallest absolute Gasteiger partial charge is 0.336 e. The first kappa shape index (κ1) is 22.1. The molecule has 0 aromatic heterocycles. The fourth-order valence-electron chi connectivity index (χ4n) is 5.09. The summed E-state index contributed by atoms with van der Waals surface area (Å²) >= 11 is 0. The average Bonchev–Trinajstić information content (AvgIpc) is 2.76. The van der Waals surface area contributed by atoms with E-state index in [0.717, 1.165) is 34.9 Å². The van der Waals surface area contributed by atoms with E-state index < -0.39 is 5.97 Å². The molecule has 0 saturated carbocycles. The van der Waals surface area contributed by atoms with E-state index in [4.69, 9.17) is 0 Å². The Morgan fingerprint density at radius 1 is 0.906 bits per heavy atom. The molecule has 166 valence electrons. The highest BCUT2D eigenvalue weighted by molar-refractivity contribution is 6.15. The summed E-state index contributed by atoms with van der Waals surface area (Å²) in [5.41, 5.74) is 6.09. The molecule has 4 nitrogen and oxygen atoms in total. The predicted octanol–water partition coefficient (Wildman–Crippen LogP) is 6.68. The molecule has 0 aliphatic heterocycles. The van der Waals surface area contributed by atoms with Crippen LogP contribution in [0.15, 0.2) is 53.7 Å².